The third kappa shape index (κ3) is 2.47. The molecule has 0 unspecified atom stereocenters. The largest absolute Gasteiger partial charge is 0.509 e. The van der Waals surface area contributed by atoms with Crippen molar-refractivity contribution in [3.63, 3.8) is 0 Å². The molecule has 0 spiro atoms. The van der Waals surface area contributed by atoms with Gasteiger partial charge in [-0.2, -0.15) is 0 Å². The second-order valence-corrected chi connectivity index (χ2v) is 3.57. The van der Waals surface area contributed by atoms with Gasteiger partial charge < -0.3 is 18.1 Å². The topological polar surface area (TPSA) is 37.3 Å². The van der Waals surface area contributed by atoms with E-state index < -0.39 is 18.4 Å². The van der Waals surface area contributed by atoms with Gasteiger partial charge in [-0.05, 0) is 12.5 Å². The molecule has 0 aliphatic rings. The third-order valence-electron chi connectivity index (χ3n) is 2.01. The molecule has 15 heavy (non-hydrogen) atoms. The van der Waals surface area contributed by atoms with E-state index in [2.05, 4.69) is 12.6 Å². The zero-order valence-corrected chi connectivity index (χ0v) is 8.56. The van der Waals surface area contributed by atoms with Crippen LogP contribution >= 0.6 is 12.6 Å². The number of thiol groups is 1. The van der Waals surface area contributed by atoms with Gasteiger partial charge in [0.05, 0.1) is 5.56 Å². The van der Waals surface area contributed by atoms with Gasteiger partial charge in [-0.25, -0.2) is 4.79 Å². The highest BCUT2D eigenvalue weighted by molar-refractivity contribution is 7.80. The first-order valence-electron chi connectivity index (χ1n) is 4.00. The maximum atomic E-state index is 12.4. The van der Waals surface area contributed by atoms with Crippen LogP contribution in [0.4, 0.5) is 12.9 Å². The zero-order valence-electron chi connectivity index (χ0n) is 7.67. The molecule has 2 nitrogen and oxygen atoms in total. The Labute approximate surface area is 89.6 Å². The van der Waals surface area contributed by atoms with E-state index >= 15 is 0 Å². The number of benzene rings is 1. The summed E-state index contributed by atoms with van der Waals surface area (Å²) in [5.41, 5.74) is -1.07. The first kappa shape index (κ1) is 12.0. The Bertz CT molecular complexity index is 417. The lowest BCUT2D eigenvalue weighted by Crippen LogP contribution is -2.35. The van der Waals surface area contributed by atoms with Crippen molar-refractivity contribution in [1.82, 2.24) is 0 Å². The van der Waals surface area contributed by atoms with Crippen LogP contribution in [0.1, 0.15) is 15.9 Å². The second kappa shape index (κ2) is 3.81. The molecular weight excluding hydrogens is 228 g/mol. The molecule has 1 N–H and O–H groups in total. The van der Waals surface area contributed by atoms with Gasteiger partial charge in [0.2, 0.25) is 0 Å². The second-order valence-electron chi connectivity index (χ2n) is 3.09. The summed E-state index contributed by atoms with van der Waals surface area (Å²) >= 11 is 3.81. The quantitative estimate of drug-likeness (QED) is 0.607. The Morgan fingerprint density at radius 3 is 2.33 bits per heavy atom. The maximum absolute atomic E-state index is 12.4. The number of aromatic carboxylic acids is 1. The van der Waals surface area contributed by atoms with Crippen molar-refractivity contribution in [2.45, 2.75) is 11.8 Å². The molecule has 7 heteroatoms. The molecule has 0 fully saturated rings. The Balaban J connectivity index is 3.43. The molecule has 0 radical (unpaired) electrons. The predicted molar refractivity (Wildman–Crippen MR) is 54.1 cm³/mol. The van der Waals surface area contributed by atoms with Gasteiger partial charge in [0.25, 0.3) is 0 Å². The molecule has 0 bridgehead atoms. The van der Waals surface area contributed by atoms with Crippen molar-refractivity contribution in [1.29, 1.82) is 0 Å². The Kier molecular flexibility index (Phi) is 3.04. The predicted octanol–water partition coefficient (Wildman–Crippen LogP) is 2.04. The van der Waals surface area contributed by atoms with Gasteiger partial charge in [0, 0.05) is 4.90 Å². The number of carbonyl (C=O) groups is 1. The summed E-state index contributed by atoms with van der Waals surface area (Å²) in [5, 5.41) is 8.69. The van der Waals surface area contributed by atoms with E-state index in [-0.39, 0.29) is 16.0 Å². The summed E-state index contributed by atoms with van der Waals surface area (Å²) in [4.78, 5) is 10.7. The Morgan fingerprint density at radius 1 is 1.40 bits per heavy atom. The van der Waals surface area contributed by atoms with Crippen LogP contribution in [0.5, 0.6) is 0 Å². The van der Waals surface area contributed by atoms with Crippen molar-refractivity contribution in [3.8, 4) is 0 Å². The Hall–Kier alpha value is -1.11. The normalized spacial score (nSPS) is 11.5. The zero-order chi connectivity index (χ0) is 11.8. The average molecular weight is 235 g/mol. The average Bonchev–Trinajstić information content (AvgIpc) is 2.06. The summed E-state index contributed by atoms with van der Waals surface area (Å²) in [6.45, 7) is -3.78. The van der Waals surface area contributed by atoms with Crippen LogP contribution < -0.4 is 5.46 Å². The molecule has 0 aliphatic heterocycles. The van der Waals surface area contributed by atoms with Crippen molar-refractivity contribution in [2.75, 3.05) is 0 Å². The molecule has 0 aliphatic carbocycles. The van der Waals surface area contributed by atoms with Crippen LogP contribution in [-0.2, 0) is 0 Å². The highest BCUT2D eigenvalue weighted by atomic mass is 32.1. The van der Waals surface area contributed by atoms with Gasteiger partial charge in [0.1, 0.15) is 0 Å². The first-order chi connectivity index (χ1) is 6.73. The molecule has 1 aromatic rings. The van der Waals surface area contributed by atoms with Crippen molar-refractivity contribution < 1.29 is 22.8 Å². The molecule has 0 amide bonds. The van der Waals surface area contributed by atoms with E-state index in [4.69, 9.17) is 5.11 Å². The molecule has 0 saturated carbocycles. The summed E-state index contributed by atoms with van der Waals surface area (Å²) in [6.07, 6.45) is 0. The molecule has 82 valence electrons. The minimum absolute atomic E-state index is 0.0316. The van der Waals surface area contributed by atoms with Gasteiger partial charge in [-0.15, -0.1) is 18.1 Å². The fourth-order valence-corrected chi connectivity index (χ4v) is 1.40. The van der Waals surface area contributed by atoms with Crippen LogP contribution in [0, 0.1) is 6.92 Å². The van der Waals surface area contributed by atoms with Gasteiger partial charge >= 0.3 is 12.9 Å². The van der Waals surface area contributed by atoms with E-state index in [1.165, 1.54) is 6.92 Å². The van der Waals surface area contributed by atoms with Crippen molar-refractivity contribution in [3.05, 3.63) is 23.3 Å². The van der Waals surface area contributed by atoms with E-state index in [1.807, 2.05) is 0 Å². The highest BCUT2D eigenvalue weighted by Gasteiger charge is 2.27. The Morgan fingerprint density at radius 2 is 1.93 bits per heavy atom. The SMILES string of the molecule is Cc1c(S)cc([B-](F)(F)F)cc1C(=O)O. The number of carboxylic acids is 1. The summed E-state index contributed by atoms with van der Waals surface area (Å²) in [5.74, 6) is -1.38. The molecule has 0 atom stereocenters. The van der Waals surface area contributed by atoms with Crippen LogP contribution in [0.2, 0.25) is 0 Å². The minimum Gasteiger partial charge on any atom is -0.478 e. The number of halogens is 3. The fraction of sp³-hybridized carbons (Fsp3) is 0.125. The number of hydrogen-bond donors (Lipinski definition) is 2. The number of rotatable bonds is 2. The van der Waals surface area contributed by atoms with Gasteiger partial charge in [0.15, 0.2) is 0 Å². The van der Waals surface area contributed by atoms with E-state index in [0.29, 0.717) is 6.07 Å². The summed E-state index contributed by atoms with van der Waals surface area (Å²) < 4.78 is 37.1. The van der Waals surface area contributed by atoms with Gasteiger partial charge in [-0.1, -0.05) is 12.1 Å². The smallest absolute Gasteiger partial charge is 0.478 e. The molecule has 1 aromatic carbocycles. The van der Waals surface area contributed by atoms with Crippen LogP contribution in [0.25, 0.3) is 0 Å². The number of carboxylic acid groups (broad SMARTS) is 1. The molecule has 1 rings (SSSR count). The van der Waals surface area contributed by atoms with E-state index in [1.54, 1.807) is 0 Å². The lowest BCUT2D eigenvalue weighted by Gasteiger charge is -2.17. The highest BCUT2D eigenvalue weighted by Crippen LogP contribution is 2.19. The fourth-order valence-electron chi connectivity index (χ4n) is 1.13. The standard InChI is InChI=1S/C8H7BF3O2S/c1-4-6(8(13)14)2-5(3-7(4)15)9(10,11)12/h2-3,15H,1H3,(H,13,14)/q-1. The summed E-state index contributed by atoms with van der Waals surface area (Å²) in [6, 6.07) is 1.47. The van der Waals surface area contributed by atoms with E-state index in [9.17, 15) is 17.7 Å². The lowest BCUT2D eigenvalue weighted by molar-refractivity contribution is 0.0696. The summed E-state index contributed by atoms with van der Waals surface area (Å²) in [7, 11) is 0. The van der Waals surface area contributed by atoms with Crippen LogP contribution in [0.3, 0.4) is 0 Å². The molecule has 0 aromatic heterocycles. The minimum atomic E-state index is -5.20. The number of hydrogen-bond acceptors (Lipinski definition) is 2. The van der Waals surface area contributed by atoms with Crippen LogP contribution in [0.15, 0.2) is 17.0 Å². The van der Waals surface area contributed by atoms with Gasteiger partial charge in [-0.3, -0.25) is 0 Å². The first-order valence-corrected chi connectivity index (χ1v) is 4.45. The van der Waals surface area contributed by atoms with Crippen molar-refractivity contribution in [2.24, 2.45) is 0 Å². The lowest BCUT2D eigenvalue weighted by atomic mass is 9.78. The molecule has 0 heterocycles. The molecule has 0 saturated heterocycles. The van der Waals surface area contributed by atoms with Crippen LogP contribution in [-0.4, -0.2) is 18.1 Å². The van der Waals surface area contributed by atoms with E-state index in [0.717, 1.165) is 6.07 Å². The van der Waals surface area contributed by atoms with Crippen molar-refractivity contribution >= 4 is 31.0 Å². The third-order valence-corrected chi connectivity index (χ3v) is 2.48. The monoisotopic (exact) mass is 235 g/mol. The molecular formula is C8H7BF3O2S-. The maximum Gasteiger partial charge on any atom is 0.509 e.